The highest BCUT2D eigenvalue weighted by Crippen LogP contribution is 2.25. The number of halogens is 3. The molecule has 1 atom stereocenters. The molecule has 1 saturated heterocycles. The van der Waals surface area contributed by atoms with Crippen molar-refractivity contribution >= 4 is 5.96 Å². The van der Waals surface area contributed by atoms with Crippen LogP contribution in [-0.2, 0) is 6.54 Å². The minimum Gasteiger partial charge on any atom is -0.355 e. The molecule has 152 valence electrons. The molecule has 0 aromatic heterocycles. The first-order chi connectivity index (χ1) is 12.8. The summed E-state index contributed by atoms with van der Waals surface area (Å²) in [7, 11) is 3.77. The Balaban J connectivity index is 1.73. The van der Waals surface area contributed by atoms with Crippen LogP contribution < -0.4 is 5.32 Å². The van der Waals surface area contributed by atoms with Crippen molar-refractivity contribution < 1.29 is 13.2 Å². The molecule has 0 spiro atoms. The molecule has 0 aliphatic carbocycles. The van der Waals surface area contributed by atoms with Gasteiger partial charge < -0.3 is 15.1 Å². The van der Waals surface area contributed by atoms with Crippen molar-refractivity contribution in [3.63, 3.8) is 0 Å². The lowest BCUT2D eigenvalue weighted by Crippen LogP contribution is -2.57. The molecule has 2 rings (SSSR count). The average Bonchev–Trinajstić information content (AvgIpc) is 2.65. The number of likely N-dealkylation sites (N-methyl/N-ethyl adjacent to an activating group) is 1. The zero-order valence-electron chi connectivity index (χ0n) is 16.3. The zero-order chi connectivity index (χ0) is 19.9. The van der Waals surface area contributed by atoms with E-state index < -0.39 is 12.2 Å². The Morgan fingerprint density at radius 3 is 2.37 bits per heavy atom. The normalized spacial score (nSPS) is 18.0. The van der Waals surface area contributed by atoms with E-state index in [1.807, 2.05) is 23.1 Å². The van der Waals surface area contributed by atoms with Gasteiger partial charge >= 0.3 is 6.18 Å². The Labute approximate surface area is 159 Å². The van der Waals surface area contributed by atoms with Crippen LogP contribution in [0.5, 0.6) is 0 Å². The molecule has 1 fully saturated rings. The number of benzene rings is 1. The molecule has 1 aliphatic rings. The number of rotatable bonds is 6. The highest BCUT2D eigenvalue weighted by Gasteiger charge is 2.41. The van der Waals surface area contributed by atoms with Gasteiger partial charge in [-0.2, -0.15) is 13.2 Å². The smallest absolute Gasteiger partial charge is 0.355 e. The minimum atomic E-state index is -4.18. The summed E-state index contributed by atoms with van der Waals surface area (Å²) in [5, 5.41) is 3.32. The van der Waals surface area contributed by atoms with Crippen molar-refractivity contribution in [3.05, 3.63) is 35.9 Å². The van der Waals surface area contributed by atoms with Gasteiger partial charge in [0.15, 0.2) is 5.96 Å². The Bertz CT molecular complexity index is 583. The minimum absolute atomic E-state index is 0.384. The monoisotopic (exact) mass is 385 g/mol. The topological polar surface area (TPSA) is 34.1 Å². The van der Waals surface area contributed by atoms with E-state index >= 15 is 0 Å². The van der Waals surface area contributed by atoms with Crippen LogP contribution >= 0.6 is 0 Å². The summed E-state index contributed by atoms with van der Waals surface area (Å²) in [5.74, 6) is 0.752. The summed E-state index contributed by atoms with van der Waals surface area (Å²) in [6, 6.07) is 8.87. The highest BCUT2D eigenvalue weighted by atomic mass is 19.4. The molecular weight excluding hydrogens is 355 g/mol. The summed E-state index contributed by atoms with van der Waals surface area (Å²) in [4.78, 5) is 10.0. The largest absolute Gasteiger partial charge is 0.403 e. The van der Waals surface area contributed by atoms with Gasteiger partial charge in [-0.05, 0) is 19.5 Å². The number of nitrogens with zero attached hydrogens (tertiary/aromatic N) is 4. The van der Waals surface area contributed by atoms with E-state index in [-0.39, 0.29) is 0 Å². The van der Waals surface area contributed by atoms with E-state index in [1.165, 1.54) is 17.4 Å². The van der Waals surface area contributed by atoms with Gasteiger partial charge in [0.2, 0.25) is 0 Å². The van der Waals surface area contributed by atoms with Crippen molar-refractivity contribution in [2.24, 2.45) is 4.99 Å². The third kappa shape index (κ3) is 6.70. The SMILES string of the molecule is CN=C(NCCN(C)Cc1ccccc1)N1CCN(C(C)C(F)(F)F)CC1. The third-order valence-corrected chi connectivity index (χ3v) is 4.92. The maximum absolute atomic E-state index is 12.9. The highest BCUT2D eigenvalue weighted by molar-refractivity contribution is 5.80. The fourth-order valence-electron chi connectivity index (χ4n) is 3.19. The lowest BCUT2D eigenvalue weighted by Gasteiger charge is -2.39. The van der Waals surface area contributed by atoms with Gasteiger partial charge in [-0.15, -0.1) is 0 Å². The molecule has 1 unspecified atom stereocenters. The van der Waals surface area contributed by atoms with Crippen molar-refractivity contribution in [1.29, 1.82) is 0 Å². The Morgan fingerprint density at radius 2 is 1.81 bits per heavy atom. The van der Waals surface area contributed by atoms with Crippen molar-refractivity contribution in [2.75, 3.05) is 53.4 Å². The maximum Gasteiger partial charge on any atom is 0.403 e. The summed E-state index contributed by atoms with van der Waals surface area (Å²) in [6.45, 7) is 5.53. The van der Waals surface area contributed by atoms with E-state index in [2.05, 4.69) is 34.4 Å². The van der Waals surface area contributed by atoms with E-state index in [4.69, 9.17) is 0 Å². The second-order valence-electron chi connectivity index (χ2n) is 6.94. The van der Waals surface area contributed by atoms with Crippen LogP contribution in [0, 0.1) is 0 Å². The fourth-order valence-corrected chi connectivity index (χ4v) is 3.19. The first-order valence-electron chi connectivity index (χ1n) is 9.30. The van der Waals surface area contributed by atoms with Crippen LogP contribution in [0.15, 0.2) is 35.3 Å². The quantitative estimate of drug-likeness (QED) is 0.602. The summed E-state index contributed by atoms with van der Waals surface area (Å²) < 4.78 is 38.6. The summed E-state index contributed by atoms with van der Waals surface area (Å²) in [5.41, 5.74) is 1.26. The van der Waals surface area contributed by atoms with Crippen LogP contribution in [-0.4, -0.2) is 86.2 Å². The van der Waals surface area contributed by atoms with Crippen LogP contribution in [0.4, 0.5) is 13.2 Å². The predicted molar refractivity (Wildman–Crippen MR) is 103 cm³/mol. The number of piperazine rings is 1. The lowest BCUT2D eigenvalue weighted by atomic mass is 10.2. The maximum atomic E-state index is 12.9. The molecule has 5 nitrogen and oxygen atoms in total. The predicted octanol–water partition coefficient (Wildman–Crippen LogP) is 2.26. The molecule has 1 aromatic rings. The summed E-state index contributed by atoms with van der Waals surface area (Å²) in [6.07, 6.45) is -4.18. The van der Waals surface area contributed by atoms with Crippen molar-refractivity contribution in [1.82, 2.24) is 20.0 Å². The Hall–Kier alpha value is -1.80. The first-order valence-corrected chi connectivity index (χ1v) is 9.30. The molecule has 0 amide bonds. The second kappa shape index (κ2) is 9.94. The van der Waals surface area contributed by atoms with Crippen molar-refractivity contribution in [3.8, 4) is 0 Å². The lowest BCUT2D eigenvalue weighted by molar-refractivity contribution is -0.181. The van der Waals surface area contributed by atoms with Crippen LogP contribution in [0.3, 0.4) is 0 Å². The average molecular weight is 385 g/mol. The van der Waals surface area contributed by atoms with E-state index in [1.54, 1.807) is 7.05 Å². The molecule has 0 radical (unpaired) electrons. The number of hydrogen-bond donors (Lipinski definition) is 1. The number of guanidine groups is 1. The molecule has 1 N–H and O–H groups in total. The van der Waals surface area contributed by atoms with E-state index in [0.717, 1.165) is 25.6 Å². The number of hydrogen-bond acceptors (Lipinski definition) is 3. The number of aliphatic imine (C=N–C) groups is 1. The molecule has 8 heteroatoms. The zero-order valence-corrected chi connectivity index (χ0v) is 16.3. The number of alkyl halides is 3. The molecule has 1 aliphatic heterocycles. The third-order valence-electron chi connectivity index (χ3n) is 4.92. The van der Waals surface area contributed by atoms with Gasteiger partial charge in [0.1, 0.15) is 6.04 Å². The number of nitrogens with one attached hydrogen (secondary N) is 1. The molecule has 0 bridgehead atoms. The summed E-state index contributed by atoms with van der Waals surface area (Å²) >= 11 is 0. The standard InChI is InChI=1S/C19H30F3N5/c1-16(19(20,21)22)26-11-13-27(14-12-26)18(23-2)24-9-10-25(3)15-17-7-5-4-6-8-17/h4-8,16H,9-15H2,1-3H3,(H,23,24). The van der Waals surface area contributed by atoms with Gasteiger partial charge in [0, 0.05) is 52.9 Å². The van der Waals surface area contributed by atoms with Gasteiger partial charge in [0.05, 0.1) is 0 Å². The molecule has 1 heterocycles. The Kier molecular flexibility index (Phi) is 7.91. The van der Waals surface area contributed by atoms with Gasteiger partial charge in [-0.3, -0.25) is 9.89 Å². The van der Waals surface area contributed by atoms with E-state index in [9.17, 15) is 13.2 Å². The van der Waals surface area contributed by atoms with Crippen molar-refractivity contribution in [2.45, 2.75) is 25.7 Å². The molecule has 1 aromatic carbocycles. The second-order valence-corrected chi connectivity index (χ2v) is 6.94. The molecule has 0 saturated carbocycles. The fraction of sp³-hybridized carbons (Fsp3) is 0.632. The van der Waals surface area contributed by atoms with Gasteiger partial charge in [-0.25, -0.2) is 0 Å². The van der Waals surface area contributed by atoms with Gasteiger partial charge in [0.25, 0.3) is 0 Å². The van der Waals surface area contributed by atoms with Crippen LogP contribution in [0.2, 0.25) is 0 Å². The van der Waals surface area contributed by atoms with Crippen LogP contribution in [0.25, 0.3) is 0 Å². The Morgan fingerprint density at radius 1 is 1.19 bits per heavy atom. The van der Waals surface area contributed by atoms with E-state index in [0.29, 0.717) is 26.2 Å². The molecule has 27 heavy (non-hydrogen) atoms. The molecular formula is C19H30F3N5. The van der Waals surface area contributed by atoms with Crippen LogP contribution in [0.1, 0.15) is 12.5 Å². The first kappa shape index (κ1) is 21.5. The van der Waals surface area contributed by atoms with Gasteiger partial charge in [-0.1, -0.05) is 30.3 Å².